The van der Waals surface area contributed by atoms with E-state index in [1.54, 1.807) is 4.90 Å². The third kappa shape index (κ3) is 1.33. The van der Waals surface area contributed by atoms with Crippen LogP contribution in [0.2, 0.25) is 0 Å². The van der Waals surface area contributed by atoms with Crippen molar-refractivity contribution >= 4 is 22.4 Å². The lowest BCUT2D eigenvalue weighted by molar-refractivity contribution is 0.0803. The molecule has 1 amide bonds. The molecule has 3 rings (SSSR count). The van der Waals surface area contributed by atoms with Crippen LogP contribution in [0.25, 0.3) is 16.5 Å². The molecule has 0 spiro atoms. The van der Waals surface area contributed by atoms with Crippen molar-refractivity contribution in [2.75, 3.05) is 13.6 Å². The van der Waals surface area contributed by atoms with E-state index in [2.05, 4.69) is 25.1 Å². The van der Waals surface area contributed by atoms with E-state index in [4.69, 9.17) is 0 Å². The number of fused-ring (bicyclic) bond motifs is 3. The molecule has 1 aliphatic rings. The summed E-state index contributed by atoms with van der Waals surface area (Å²) in [5.74, 6) is 0.0943. The van der Waals surface area contributed by atoms with Crippen LogP contribution in [0.5, 0.6) is 0 Å². The van der Waals surface area contributed by atoms with E-state index in [0.29, 0.717) is 6.54 Å². The second kappa shape index (κ2) is 3.73. The highest BCUT2D eigenvalue weighted by Gasteiger charge is 2.25. The average Bonchev–Trinajstić information content (AvgIpc) is 2.62. The second-order valence-corrected chi connectivity index (χ2v) is 4.87. The molecule has 0 atom stereocenters. The molecule has 3 nitrogen and oxygen atoms in total. The van der Waals surface area contributed by atoms with Crippen molar-refractivity contribution in [2.45, 2.75) is 6.92 Å². The first-order valence-corrected chi connectivity index (χ1v) is 6.11. The molecular weight excluding hydrogens is 224 g/mol. The molecule has 0 unspecified atom stereocenters. The largest absolute Gasteiger partial charge is 0.339 e. The molecule has 1 aromatic heterocycles. The Morgan fingerprint density at radius 1 is 1.17 bits per heavy atom. The van der Waals surface area contributed by atoms with Gasteiger partial charge in [-0.3, -0.25) is 4.79 Å². The molecule has 0 N–H and O–H groups in total. The Bertz CT molecular complexity index is 679. The first kappa shape index (κ1) is 11.1. The number of aryl methyl sites for hydroxylation is 1. The van der Waals surface area contributed by atoms with Gasteiger partial charge in [0.2, 0.25) is 0 Å². The summed E-state index contributed by atoms with van der Waals surface area (Å²) < 4.78 is 2.01. The molecule has 0 bridgehead atoms. The minimum absolute atomic E-state index is 0.0943. The van der Waals surface area contributed by atoms with E-state index in [-0.39, 0.29) is 5.91 Å². The van der Waals surface area contributed by atoms with Crippen molar-refractivity contribution in [3.05, 3.63) is 41.6 Å². The first-order chi connectivity index (χ1) is 8.61. The zero-order chi connectivity index (χ0) is 12.9. The predicted molar refractivity (Wildman–Crippen MR) is 73.5 cm³/mol. The fourth-order valence-corrected chi connectivity index (χ4v) is 2.68. The lowest BCUT2D eigenvalue weighted by Crippen LogP contribution is -2.27. The van der Waals surface area contributed by atoms with Gasteiger partial charge in [-0.1, -0.05) is 24.3 Å². The molecule has 0 radical (unpaired) electrons. The molecule has 0 aliphatic carbocycles. The van der Waals surface area contributed by atoms with Crippen molar-refractivity contribution < 1.29 is 4.79 Å². The summed E-state index contributed by atoms with van der Waals surface area (Å²) in [7, 11) is 3.81. The number of allylic oxidation sites excluding steroid dienone is 1. The number of carbonyl (C=O) groups excluding carboxylic acids is 1. The molecule has 2 aromatic rings. The fraction of sp³-hybridized carbons (Fsp3) is 0.267. The first-order valence-electron chi connectivity index (χ1n) is 6.11. The number of aromatic nitrogens is 1. The molecule has 2 heterocycles. The molecule has 92 valence electrons. The Balaban J connectivity index is 2.46. The molecule has 0 saturated carbocycles. The van der Waals surface area contributed by atoms with Crippen LogP contribution in [0.15, 0.2) is 30.3 Å². The van der Waals surface area contributed by atoms with Crippen molar-refractivity contribution in [3.63, 3.8) is 0 Å². The molecule has 0 saturated heterocycles. The quantitative estimate of drug-likeness (QED) is 0.695. The van der Waals surface area contributed by atoms with Crippen molar-refractivity contribution in [3.8, 4) is 0 Å². The van der Waals surface area contributed by atoms with E-state index in [1.165, 1.54) is 5.57 Å². The van der Waals surface area contributed by atoms with Gasteiger partial charge in [0.25, 0.3) is 5.91 Å². The molecular formula is C15H16N2O. The Labute approximate surface area is 106 Å². The van der Waals surface area contributed by atoms with Gasteiger partial charge in [0.1, 0.15) is 5.69 Å². The second-order valence-electron chi connectivity index (χ2n) is 4.87. The monoisotopic (exact) mass is 240 g/mol. The molecule has 0 fully saturated rings. The van der Waals surface area contributed by atoms with Crippen LogP contribution in [-0.2, 0) is 7.05 Å². The van der Waals surface area contributed by atoms with Gasteiger partial charge in [-0.2, -0.15) is 0 Å². The molecule has 3 heteroatoms. The number of hydrogen-bond acceptors (Lipinski definition) is 1. The Morgan fingerprint density at radius 2 is 1.89 bits per heavy atom. The third-order valence-corrected chi connectivity index (χ3v) is 3.72. The van der Waals surface area contributed by atoms with Gasteiger partial charge in [0.05, 0.1) is 0 Å². The normalized spacial score (nSPS) is 15.6. The number of hydrogen-bond donors (Lipinski definition) is 0. The molecule has 1 aliphatic heterocycles. The highest BCUT2D eigenvalue weighted by Crippen LogP contribution is 2.33. The zero-order valence-corrected chi connectivity index (χ0v) is 10.9. The Morgan fingerprint density at radius 3 is 2.67 bits per heavy atom. The summed E-state index contributed by atoms with van der Waals surface area (Å²) in [4.78, 5) is 14.2. The minimum Gasteiger partial charge on any atom is -0.339 e. The van der Waals surface area contributed by atoms with Crippen LogP contribution < -0.4 is 0 Å². The van der Waals surface area contributed by atoms with Crippen LogP contribution in [0, 0.1) is 0 Å². The van der Waals surface area contributed by atoms with Gasteiger partial charge < -0.3 is 9.47 Å². The van der Waals surface area contributed by atoms with Crippen LogP contribution in [0.4, 0.5) is 0 Å². The average molecular weight is 240 g/mol. The summed E-state index contributed by atoms with van der Waals surface area (Å²) in [6.45, 7) is 2.76. The molecule has 1 aromatic carbocycles. The van der Waals surface area contributed by atoms with E-state index in [9.17, 15) is 4.79 Å². The number of amides is 1. The zero-order valence-electron chi connectivity index (χ0n) is 10.9. The third-order valence-electron chi connectivity index (χ3n) is 3.72. The standard InChI is InChI=1S/C15H16N2O/c1-10-8-9-16(2)15(18)14-13(10)11-6-4-5-7-12(11)17(14)3/h4-8H,9H2,1-3H3. The van der Waals surface area contributed by atoms with Crippen LogP contribution in [0.3, 0.4) is 0 Å². The lowest BCUT2D eigenvalue weighted by atomic mass is 10.0. The number of para-hydroxylation sites is 1. The van der Waals surface area contributed by atoms with Crippen molar-refractivity contribution in [1.82, 2.24) is 9.47 Å². The summed E-state index contributed by atoms with van der Waals surface area (Å²) in [5.41, 5.74) is 4.17. The van der Waals surface area contributed by atoms with Gasteiger partial charge in [-0.25, -0.2) is 0 Å². The van der Waals surface area contributed by atoms with E-state index in [1.807, 2.05) is 30.8 Å². The van der Waals surface area contributed by atoms with Crippen molar-refractivity contribution in [2.24, 2.45) is 7.05 Å². The number of carbonyl (C=O) groups is 1. The van der Waals surface area contributed by atoms with Gasteiger partial charge in [-0.15, -0.1) is 0 Å². The van der Waals surface area contributed by atoms with Gasteiger partial charge in [-0.05, 0) is 18.6 Å². The fourth-order valence-electron chi connectivity index (χ4n) is 2.68. The summed E-state index contributed by atoms with van der Waals surface area (Å²) >= 11 is 0. The maximum Gasteiger partial charge on any atom is 0.271 e. The number of rotatable bonds is 0. The number of benzene rings is 1. The summed E-state index contributed by atoms with van der Waals surface area (Å²) in [5, 5.41) is 1.16. The van der Waals surface area contributed by atoms with E-state index < -0.39 is 0 Å². The highest BCUT2D eigenvalue weighted by molar-refractivity contribution is 6.07. The predicted octanol–water partition coefficient (Wildman–Crippen LogP) is 2.67. The van der Waals surface area contributed by atoms with Gasteiger partial charge in [0.15, 0.2) is 0 Å². The summed E-state index contributed by atoms with van der Waals surface area (Å²) in [6, 6.07) is 8.18. The highest BCUT2D eigenvalue weighted by atomic mass is 16.2. The SMILES string of the molecule is CC1=CCN(C)C(=O)c2c1c1ccccc1n2C. The van der Waals surface area contributed by atoms with Crippen LogP contribution >= 0.6 is 0 Å². The topological polar surface area (TPSA) is 25.2 Å². The van der Waals surface area contributed by atoms with Gasteiger partial charge in [0, 0.05) is 37.1 Å². The maximum atomic E-state index is 12.4. The number of nitrogens with zero attached hydrogens (tertiary/aromatic N) is 2. The van der Waals surface area contributed by atoms with Crippen LogP contribution in [-0.4, -0.2) is 29.0 Å². The van der Waals surface area contributed by atoms with E-state index in [0.717, 1.165) is 22.2 Å². The Kier molecular flexibility index (Phi) is 2.30. The summed E-state index contributed by atoms with van der Waals surface area (Å²) in [6.07, 6.45) is 2.12. The molecule has 18 heavy (non-hydrogen) atoms. The smallest absolute Gasteiger partial charge is 0.271 e. The van der Waals surface area contributed by atoms with Crippen molar-refractivity contribution in [1.29, 1.82) is 0 Å². The van der Waals surface area contributed by atoms with Gasteiger partial charge >= 0.3 is 0 Å². The van der Waals surface area contributed by atoms with Crippen LogP contribution in [0.1, 0.15) is 23.0 Å². The minimum atomic E-state index is 0.0943. The lowest BCUT2D eigenvalue weighted by Gasteiger charge is -2.14. The van der Waals surface area contributed by atoms with E-state index >= 15 is 0 Å². The maximum absolute atomic E-state index is 12.4. The Hall–Kier alpha value is -2.03. The number of likely N-dealkylation sites (N-methyl/N-ethyl adjacent to an activating group) is 1.